The fourth-order valence-corrected chi connectivity index (χ4v) is 2.84. The molecule has 2 rings (SSSR count). The van der Waals surface area contributed by atoms with Crippen molar-refractivity contribution in [1.29, 1.82) is 0 Å². The van der Waals surface area contributed by atoms with Gasteiger partial charge in [-0.15, -0.1) is 10.2 Å². The maximum atomic E-state index is 12.4. The van der Waals surface area contributed by atoms with Crippen LogP contribution >= 0.6 is 11.6 Å². The molecule has 0 aliphatic carbocycles. The zero-order valence-electron chi connectivity index (χ0n) is 15.0. The molecule has 1 aromatic heterocycles. The van der Waals surface area contributed by atoms with E-state index in [1.807, 2.05) is 34.6 Å². The molecule has 0 radical (unpaired) electrons. The highest BCUT2D eigenvalue weighted by molar-refractivity contribution is 6.30. The topological polar surface area (TPSA) is 64.5 Å². The number of aromatic nitrogens is 2. The van der Waals surface area contributed by atoms with Gasteiger partial charge >= 0.3 is 6.09 Å². The van der Waals surface area contributed by atoms with E-state index < -0.39 is 11.8 Å². The number of halogens is 1. The van der Waals surface area contributed by atoms with Gasteiger partial charge in [0.1, 0.15) is 5.60 Å². The van der Waals surface area contributed by atoms with Crippen LogP contribution in [-0.4, -0.2) is 39.6 Å². The number of likely N-dealkylation sites (tertiary alicyclic amines) is 1. The van der Waals surface area contributed by atoms with Crippen LogP contribution in [0.3, 0.4) is 0 Å². The number of carbonyl (C=O) groups excluding carboxylic acids is 1. The molecule has 1 unspecified atom stereocenters. The Labute approximate surface area is 148 Å². The monoisotopic (exact) mass is 355 g/mol. The van der Waals surface area contributed by atoms with Gasteiger partial charge in [-0.1, -0.05) is 25.4 Å². The molecule has 0 aromatic carbocycles. The Morgan fingerprint density at radius 2 is 2.04 bits per heavy atom. The van der Waals surface area contributed by atoms with Crippen molar-refractivity contribution in [3.8, 4) is 5.88 Å². The molecule has 0 spiro atoms. The first kappa shape index (κ1) is 18.8. The molecule has 6 nitrogen and oxygen atoms in total. The van der Waals surface area contributed by atoms with Gasteiger partial charge in [0.2, 0.25) is 5.88 Å². The van der Waals surface area contributed by atoms with Crippen molar-refractivity contribution in [2.45, 2.75) is 71.6 Å². The highest BCUT2D eigenvalue weighted by Gasteiger charge is 2.32. The number of ether oxygens (including phenoxy) is 2. The fraction of sp³-hybridized carbons (Fsp3) is 0.706. The molecule has 24 heavy (non-hydrogen) atoms. The second-order valence-corrected chi connectivity index (χ2v) is 7.68. The third-order valence-corrected chi connectivity index (χ3v) is 4.00. The second kappa shape index (κ2) is 7.55. The molecule has 7 heteroatoms. The predicted molar refractivity (Wildman–Crippen MR) is 92.3 cm³/mol. The number of nitrogens with zero attached hydrogens (tertiary/aromatic N) is 3. The van der Waals surface area contributed by atoms with Crippen LogP contribution in [0, 0.1) is 0 Å². The van der Waals surface area contributed by atoms with Crippen LogP contribution in [0.15, 0.2) is 6.07 Å². The Morgan fingerprint density at radius 1 is 1.33 bits per heavy atom. The van der Waals surface area contributed by atoms with Crippen LogP contribution in [-0.2, 0) is 4.74 Å². The Kier molecular flexibility index (Phi) is 5.91. The summed E-state index contributed by atoms with van der Waals surface area (Å²) in [5.74, 6) is 0.590. The van der Waals surface area contributed by atoms with Gasteiger partial charge in [0.05, 0.1) is 0 Å². The first-order valence-corrected chi connectivity index (χ1v) is 8.74. The molecule has 1 aromatic rings. The molecule has 1 atom stereocenters. The smallest absolute Gasteiger partial charge is 0.413 e. The average Bonchev–Trinajstić information content (AvgIpc) is 2.47. The Hall–Kier alpha value is -1.56. The number of piperidine rings is 1. The fourth-order valence-electron chi connectivity index (χ4n) is 2.53. The van der Waals surface area contributed by atoms with E-state index in [0.717, 1.165) is 24.8 Å². The first-order chi connectivity index (χ1) is 11.2. The summed E-state index contributed by atoms with van der Waals surface area (Å²) in [5.41, 5.74) is 0.338. The highest BCUT2D eigenvalue weighted by Crippen LogP contribution is 2.27. The maximum Gasteiger partial charge on any atom is 0.413 e. The Bertz CT molecular complexity index is 587. The predicted octanol–water partition coefficient (Wildman–Crippen LogP) is 4.38. The van der Waals surface area contributed by atoms with Gasteiger partial charge in [-0.25, -0.2) is 4.79 Å². The number of amides is 1. The summed E-state index contributed by atoms with van der Waals surface area (Å²) >= 11 is 6.07. The minimum Gasteiger partial charge on any atom is -0.452 e. The molecule has 134 valence electrons. The van der Waals surface area contributed by atoms with Crippen LogP contribution < -0.4 is 4.74 Å². The molecule has 1 fully saturated rings. The van der Waals surface area contributed by atoms with E-state index in [9.17, 15) is 4.79 Å². The summed E-state index contributed by atoms with van der Waals surface area (Å²) < 4.78 is 11.4. The lowest BCUT2D eigenvalue weighted by Gasteiger charge is -2.36. The van der Waals surface area contributed by atoms with E-state index in [-0.39, 0.29) is 12.0 Å². The van der Waals surface area contributed by atoms with E-state index in [1.165, 1.54) is 0 Å². The zero-order chi connectivity index (χ0) is 17.9. The van der Waals surface area contributed by atoms with Gasteiger partial charge in [-0.05, 0) is 45.1 Å². The quantitative estimate of drug-likeness (QED) is 0.805. The number of carbonyl (C=O) groups is 1. The third-order valence-electron chi connectivity index (χ3n) is 3.71. The molecule has 1 aliphatic rings. The zero-order valence-corrected chi connectivity index (χ0v) is 15.8. The van der Waals surface area contributed by atoms with E-state index >= 15 is 0 Å². The van der Waals surface area contributed by atoms with Crippen LogP contribution in [0.5, 0.6) is 5.88 Å². The van der Waals surface area contributed by atoms with E-state index in [1.54, 1.807) is 11.0 Å². The molecule has 1 amide bonds. The van der Waals surface area contributed by atoms with Crippen molar-refractivity contribution in [3.05, 3.63) is 16.8 Å². The van der Waals surface area contributed by atoms with Gasteiger partial charge in [0.15, 0.2) is 11.4 Å². The third kappa shape index (κ3) is 4.97. The van der Waals surface area contributed by atoms with Gasteiger partial charge in [0.25, 0.3) is 0 Å². The summed E-state index contributed by atoms with van der Waals surface area (Å²) in [4.78, 5) is 14.0. The van der Waals surface area contributed by atoms with Crippen molar-refractivity contribution in [3.63, 3.8) is 0 Å². The largest absolute Gasteiger partial charge is 0.452 e. The first-order valence-electron chi connectivity index (χ1n) is 8.37. The van der Waals surface area contributed by atoms with Crippen molar-refractivity contribution >= 4 is 17.7 Å². The summed E-state index contributed by atoms with van der Waals surface area (Å²) in [5, 5.41) is 8.33. The lowest BCUT2D eigenvalue weighted by molar-refractivity contribution is -0.0359. The van der Waals surface area contributed by atoms with Gasteiger partial charge in [0, 0.05) is 19.0 Å². The minimum atomic E-state index is -0.538. The average molecular weight is 356 g/mol. The number of rotatable bonds is 3. The molecule has 1 saturated heterocycles. The van der Waals surface area contributed by atoms with Gasteiger partial charge in [-0.3, -0.25) is 4.90 Å². The summed E-state index contributed by atoms with van der Waals surface area (Å²) in [6.45, 7) is 10.2. The molecular formula is C17H26ClN3O3. The molecule has 0 saturated carbocycles. The maximum absolute atomic E-state index is 12.4. The molecule has 2 heterocycles. The lowest BCUT2D eigenvalue weighted by Crippen LogP contribution is -2.48. The van der Waals surface area contributed by atoms with Crippen molar-refractivity contribution < 1.29 is 14.3 Å². The van der Waals surface area contributed by atoms with Crippen LogP contribution in [0.1, 0.15) is 65.4 Å². The summed E-state index contributed by atoms with van der Waals surface area (Å²) in [6, 6.07) is 1.79. The minimum absolute atomic E-state index is 0.212. The standard InChI is InChI=1S/C17H26ClN3O3/c1-11(2)12-10-13(19-20-15(12)18)23-14-8-6-7-9-21(14)16(22)24-17(3,4)5/h10-11,14H,6-9H2,1-5H3. The lowest BCUT2D eigenvalue weighted by atomic mass is 10.1. The van der Waals surface area contributed by atoms with E-state index in [0.29, 0.717) is 17.6 Å². The highest BCUT2D eigenvalue weighted by atomic mass is 35.5. The molecular weight excluding hydrogens is 330 g/mol. The number of hydrogen-bond acceptors (Lipinski definition) is 5. The van der Waals surface area contributed by atoms with Crippen molar-refractivity contribution in [2.75, 3.05) is 6.54 Å². The second-order valence-electron chi connectivity index (χ2n) is 7.33. The Balaban J connectivity index is 2.14. The SMILES string of the molecule is CC(C)c1cc(OC2CCCCN2C(=O)OC(C)(C)C)nnc1Cl. The molecule has 0 N–H and O–H groups in total. The van der Waals surface area contributed by atoms with Crippen molar-refractivity contribution in [2.24, 2.45) is 0 Å². The van der Waals surface area contributed by atoms with Crippen LogP contribution in [0.4, 0.5) is 4.79 Å². The Morgan fingerprint density at radius 3 is 2.67 bits per heavy atom. The number of hydrogen-bond donors (Lipinski definition) is 0. The summed E-state index contributed by atoms with van der Waals surface area (Å²) in [6.07, 6.45) is 1.90. The van der Waals surface area contributed by atoms with E-state index in [4.69, 9.17) is 21.1 Å². The van der Waals surface area contributed by atoms with Crippen LogP contribution in [0.25, 0.3) is 0 Å². The molecule has 0 bridgehead atoms. The van der Waals surface area contributed by atoms with Gasteiger partial charge in [-0.2, -0.15) is 0 Å². The normalized spacial score (nSPS) is 18.6. The van der Waals surface area contributed by atoms with Gasteiger partial charge < -0.3 is 9.47 Å². The summed E-state index contributed by atoms with van der Waals surface area (Å²) in [7, 11) is 0. The molecule has 1 aliphatic heterocycles. The van der Waals surface area contributed by atoms with E-state index in [2.05, 4.69) is 10.2 Å². The van der Waals surface area contributed by atoms with Crippen LogP contribution in [0.2, 0.25) is 5.15 Å². The van der Waals surface area contributed by atoms with Crippen molar-refractivity contribution in [1.82, 2.24) is 15.1 Å².